The van der Waals surface area contributed by atoms with Crippen LogP contribution >= 0.6 is 23.2 Å². The van der Waals surface area contributed by atoms with Crippen LogP contribution in [0, 0.1) is 0 Å². The monoisotopic (exact) mass is 482 g/mol. The van der Waals surface area contributed by atoms with E-state index in [2.05, 4.69) is 10.5 Å². The Labute approximate surface area is 202 Å². The summed E-state index contributed by atoms with van der Waals surface area (Å²) in [7, 11) is 0. The lowest BCUT2D eigenvalue weighted by atomic mass is 9.87. The van der Waals surface area contributed by atoms with Crippen molar-refractivity contribution in [1.29, 1.82) is 0 Å². The van der Waals surface area contributed by atoms with Gasteiger partial charge in [-0.2, -0.15) is 0 Å². The number of hydrogen-bond acceptors (Lipinski definition) is 4. The maximum atomic E-state index is 12.9. The Morgan fingerprint density at radius 3 is 2.42 bits per heavy atom. The third-order valence-electron chi connectivity index (χ3n) is 5.82. The predicted octanol–water partition coefficient (Wildman–Crippen LogP) is 6.29. The summed E-state index contributed by atoms with van der Waals surface area (Å²) < 4.78 is 0. The van der Waals surface area contributed by atoms with E-state index in [1.807, 2.05) is 62.4 Å². The van der Waals surface area contributed by atoms with Gasteiger partial charge in [-0.05, 0) is 42.8 Å². The van der Waals surface area contributed by atoms with Gasteiger partial charge in [0.1, 0.15) is 0 Å². The molecule has 0 saturated heterocycles. The van der Waals surface area contributed by atoms with Gasteiger partial charge in [0.15, 0.2) is 11.4 Å². The Balaban J connectivity index is 1.63. The van der Waals surface area contributed by atoms with Crippen LogP contribution in [0.2, 0.25) is 10.0 Å². The molecule has 3 aromatic rings. The number of rotatable bonds is 7. The SMILES string of the molecule is CCNC(=O)CCC(=O)c1ccc(C2=NOC(C)(c3cc(Cl)cc(Cl)c3)C2)c2ccccc12. The molecule has 1 aliphatic heterocycles. The highest BCUT2D eigenvalue weighted by molar-refractivity contribution is 6.34. The molecule has 5 nitrogen and oxygen atoms in total. The molecule has 170 valence electrons. The van der Waals surface area contributed by atoms with Crippen LogP contribution in [0.15, 0.2) is 59.8 Å². The van der Waals surface area contributed by atoms with Crippen molar-refractivity contribution < 1.29 is 14.4 Å². The number of amides is 1. The summed E-state index contributed by atoms with van der Waals surface area (Å²) in [4.78, 5) is 30.6. The van der Waals surface area contributed by atoms with Gasteiger partial charge in [-0.15, -0.1) is 0 Å². The molecule has 0 saturated carbocycles. The van der Waals surface area contributed by atoms with Crippen molar-refractivity contribution in [1.82, 2.24) is 5.32 Å². The third kappa shape index (κ3) is 4.90. The van der Waals surface area contributed by atoms with Gasteiger partial charge in [0.05, 0.1) is 5.71 Å². The number of ketones is 1. The van der Waals surface area contributed by atoms with Gasteiger partial charge >= 0.3 is 0 Å². The van der Waals surface area contributed by atoms with E-state index in [0.29, 0.717) is 28.6 Å². The fourth-order valence-corrected chi connectivity index (χ4v) is 4.67. The van der Waals surface area contributed by atoms with E-state index in [-0.39, 0.29) is 24.5 Å². The summed E-state index contributed by atoms with van der Waals surface area (Å²) in [6, 6.07) is 16.8. The van der Waals surface area contributed by atoms with Gasteiger partial charge in [-0.25, -0.2) is 0 Å². The van der Waals surface area contributed by atoms with E-state index in [9.17, 15) is 9.59 Å². The molecule has 1 N–H and O–H groups in total. The van der Waals surface area contributed by atoms with Gasteiger partial charge < -0.3 is 10.2 Å². The van der Waals surface area contributed by atoms with Crippen LogP contribution in [-0.4, -0.2) is 23.9 Å². The summed E-state index contributed by atoms with van der Waals surface area (Å²) in [6.07, 6.45) is 0.856. The van der Waals surface area contributed by atoms with Gasteiger partial charge in [-0.3, -0.25) is 9.59 Å². The number of oxime groups is 1. The second-order valence-corrected chi connectivity index (χ2v) is 9.15. The topological polar surface area (TPSA) is 67.8 Å². The smallest absolute Gasteiger partial charge is 0.220 e. The average molecular weight is 483 g/mol. The lowest BCUT2D eigenvalue weighted by Gasteiger charge is -2.22. The molecule has 0 aromatic heterocycles. The van der Waals surface area contributed by atoms with E-state index in [1.54, 1.807) is 6.07 Å². The summed E-state index contributed by atoms with van der Waals surface area (Å²) >= 11 is 12.4. The minimum absolute atomic E-state index is 0.0629. The molecule has 33 heavy (non-hydrogen) atoms. The second kappa shape index (κ2) is 9.54. The van der Waals surface area contributed by atoms with Crippen LogP contribution in [0.1, 0.15) is 54.6 Å². The molecule has 1 unspecified atom stereocenters. The second-order valence-electron chi connectivity index (χ2n) is 8.28. The first-order chi connectivity index (χ1) is 15.8. The summed E-state index contributed by atoms with van der Waals surface area (Å²) in [5.41, 5.74) is 2.43. The van der Waals surface area contributed by atoms with Crippen molar-refractivity contribution in [3.05, 3.63) is 81.3 Å². The van der Waals surface area contributed by atoms with Crippen LogP contribution in [0.5, 0.6) is 0 Å². The Kier molecular flexibility index (Phi) is 6.73. The van der Waals surface area contributed by atoms with E-state index in [4.69, 9.17) is 28.0 Å². The van der Waals surface area contributed by atoms with Crippen molar-refractivity contribution in [3.8, 4) is 0 Å². The normalized spacial score (nSPS) is 17.5. The molecule has 1 heterocycles. The molecule has 0 bridgehead atoms. The molecular weight excluding hydrogens is 459 g/mol. The molecule has 0 aliphatic carbocycles. The maximum absolute atomic E-state index is 12.9. The van der Waals surface area contributed by atoms with Crippen LogP contribution in [0.25, 0.3) is 10.8 Å². The molecule has 7 heteroatoms. The number of hydrogen-bond donors (Lipinski definition) is 1. The Morgan fingerprint density at radius 2 is 1.73 bits per heavy atom. The van der Waals surface area contributed by atoms with Crippen molar-refractivity contribution in [2.24, 2.45) is 5.16 Å². The zero-order valence-electron chi connectivity index (χ0n) is 18.5. The van der Waals surface area contributed by atoms with E-state index < -0.39 is 5.60 Å². The highest BCUT2D eigenvalue weighted by Crippen LogP contribution is 2.39. The number of benzene rings is 3. The maximum Gasteiger partial charge on any atom is 0.220 e. The Bertz CT molecular complexity index is 1250. The first-order valence-corrected chi connectivity index (χ1v) is 11.6. The minimum Gasteiger partial charge on any atom is -0.384 e. The lowest BCUT2D eigenvalue weighted by Crippen LogP contribution is -2.23. The van der Waals surface area contributed by atoms with Crippen molar-refractivity contribution in [3.63, 3.8) is 0 Å². The number of carbonyl (C=O) groups is 2. The number of fused-ring (bicyclic) bond motifs is 1. The lowest BCUT2D eigenvalue weighted by molar-refractivity contribution is -0.120. The number of nitrogens with one attached hydrogen (secondary N) is 1. The molecule has 4 rings (SSSR count). The van der Waals surface area contributed by atoms with Gasteiger partial charge in [0.25, 0.3) is 0 Å². The number of halogens is 2. The zero-order valence-corrected chi connectivity index (χ0v) is 20.0. The first-order valence-electron chi connectivity index (χ1n) is 10.8. The fourth-order valence-electron chi connectivity index (χ4n) is 4.14. The molecule has 0 radical (unpaired) electrons. The molecule has 1 atom stereocenters. The fraction of sp³-hybridized carbons (Fsp3) is 0.269. The minimum atomic E-state index is -0.702. The molecule has 1 aliphatic rings. The number of nitrogens with zero attached hydrogens (tertiary/aromatic N) is 1. The Hall–Kier alpha value is -2.89. The van der Waals surface area contributed by atoms with Crippen molar-refractivity contribution in [2.75, 3.05) is 6.54 Å². The van der Waals surface area contributed by atoms with E-state index in [0.717, 1.165) is 27.6 Å². The molecular formula is C26H24Cl2N2O3. The Morgan fingerprint density at radius 1 is 1.03 bits per heavy atom. The van der Waals surface area contributed by atoms with E-state index in [1.165, 1.54) is 0 Å². The molecule has 1 amide bonds. The van der Waals surface area contributed by atoms with E-state index >= 15 is 0 Å². The van der Waals surface area contributed by atoms with Crippen molar-refractivity contribution in [2.45, 2.75) is 38.7 Å². The molecule has 3 aromatic carbocycles. The number of Topliss-reactive ketones (excluding diaryl/α,β-unsaturated/α-hetero) is 1. The van der Waals surface area contributed by atoms with Gasteiger partial charge in [-0.1, -0.05) is 64.8 Å². The third-order valence-corrected chi connectivity index (χ3v) is 6.26. The highest BCUT2D eigenvalue weighted by Gasteiger charge is 2.37. The van der Waals surface area contributed by atoms with Gasteiger partial charge in [0, 0.05) is 52.5 Å². The summed E-state index contributed by atoms with van der Waals surface area (Å²) in [5.74, 6) is -0.184. The largest absolute Gasteiger partial charge is 0.384 e. The van der Waals surface area contributed by atoms with Crippen LogP contribution in [0.3, 0.4) is 0 Å². The summed E-state index contributed by atoms with van der Waals surface area (Å²) in [6.45, 7) is 4.36. The molecule has 0 fully saturated rings. The van der Waals surface area contributed by atoms with Crippen LogP contribution in [0.4, 0.5) is 0 Å². The first kappa shape index (κ1) is 23.3. The van der Waals surface area contributed by atoms with Gasteiger partial charge in [0.2, 0.25) is 5.91 Å². The highest BCUT2D eigenvalue weighted by atomic mass is 35.5. The average Bonchev–Trinajstić information content (AvgIpc) is 3.19. The van der Waals surface area contributed by atoms with Crippen LogP contribution < -0.4 is 5.32 Å². The van der Waals surface area contributed by atoms with Crippen LogP contribution in [-0.2, 0) is 15.2 Å². The summed E-state index contributed by atoms with van der Waals surface area (Å²) in [5, 5.41) is 9.94. The zero-order chi connectivity index (χ0) is 23.6. The van der Waals surface area contributed by atoms with Crippen molar-refractivity contribution >= 4 is 51.4 Å². The standard InChI is InChI=1S/C26H24Cl2N2O3/c1-3-29-25(32)11-10-24(31)22-9-8-21(19-6-4-5-7-20(19)22)23-15-26(2,33-30-23)16-12-17(27)14-18(28)13-16/h4-9,12-14H,3,10-11,15H2,1-2H3,(H,29,32). The number of carbonyl (C=O) groups excluding carboxylic acids is 2. The predicted molar refractivity (Wildman–Crippen MR) is 132 cm³/mol. The molecule has 0 spiro atoms. The quantitative estimate of drug-likeness (QED) is 0.402.